The summed E-state index contributed by atoms with van der Waals surface area (Å²) in [6.45, 7) is 2.10. The van der Waals surface area contributed by atoms with Crippen LogP contribution in [-0.2, 0) is 0 Å². The lowest BCUT2D eigenvalue weighted by Gasteiger charge is -2.24. The first kappa shape index (κ1) is 13.1. The monoisotopic (exact) mass is 272 g/mol. The average Bonchev–Trinajstić information content (AvgIpc) is 3.10. The summed E-state index contributed by atoms with van der Waals surface area (Å²) in [7, 11) is 4.18. The molecule has 1 atom stereocenters. The molecule has 20 heavy (non-hydrogen) atoms. The van der Waals surface area contributed by atoms with Crippen LogP contribution in [0.1, 0.15) is 12.8 Å². The molecule has 3 rings (SSSR count). The maximum Gasteiger partial charge on any atom is 0.324 e. The Morgan fingerprint density at radius 3 is 2.85 bits per heavy atom. The average molecular weight is 272 g/mol. The van der Waals surface area contributed by atoms with Crippen molar-refractivity contribution in [1.29, 1.82) is 0 Å². The van der Waals surface area contributed by atoms with Gasteiger partial charge in [0.15, 0.2) is 0 Å². The smallest absolute Gasteiger partial charge is 0.324 e. The Kier molecular flexibility index (Phi) is 3.69. The van der Waals surface area contributed by atoms with Crippen LogP contribution >= 0.6 is 0 Å². The zero-order valence-corrected chi connectivity index (χ0v) is 12.0. The minimum absolute atomic E-state index is 0.576. The SMILES string of the molecule is CN(C[C@H]1CCCN1C)c1nc(-c2ccccc2)no1. The lowest BCUT2D eigenvalue weighted by Crippen LogP contribution is -2.36. The summed E-state index contributed by atoms with van der Waals surface area (Å²) in [5.74, 6) is 0.646. The van der Waals surface area contributed by atoms with Crippen molar-refractivity contribution in [2.45, 2.75) is 18.9 Å². The number of hydrogen-bond acceptors (Lipinski definition) is 5. The van der Waals surface area contributed by atoms with E-state index in [0.717, 1.165) is 12.1 Å². The van der Waals surface area contributed by atoms with Gasteiger partial charge in [0, 0.05) is 25.2 Å². The predicted octanol–water partition coefficient (Wildman–Crippen LogP) is 2.27. The lowest BCUT2D eigenvalue weighted by molar-refractivity contribution is 0.308. The van der Waals surface area contributed by atoms with Crippen molar-refractivity contribution >= 4 is 6.01 Å². The molecule has 1 aromatic heterocycles. The Morgan fingerprint density at radius 2 is 2.15 bits per heavy atom. The predicted molar refractivity (Wildman–Crippen MR) is 78.7 cm³/mol. The number of likely N-dealkylation sites (tertiary alicyclic amines) is 1. The van der Waals surface area contributed by atoms with Crippen LogP contribution in [-0.4, -0.2) is 48.3 Å². The highest BCUT2D eigenvalue weighted by Gasteiger charge is 2.24. The van der Waals surface area contributed by atoms with E-state index in [9.17, 15) is 0 Å². The summed E-state index contributed by atoms with van der Waals surface area (Å²) in [5.41, 5.74) is 0.980. The molecule has 0 aliphatic carbocycles. The normalized spacial score (nSPS) is 19.4. The third-order valence-electron chi connectivity index (χ3n) is 3.93. The molecule has 0 spiro atoms. The molecule has 0 radical (unpaired) electrons. The molecule has 2 heterocycles. The fraction of sp³-hybridized carbons (Fsp3) is 0.467. The quantitative estimate of drug-likeness (QED) is 0.854. The van der Waals surface area contributed by atoms with E-state index >= 15 is 0 Å². The molecular formula is C15H20N4O. The van der Waals surface area contributed by atoms with Gasteiger partial charge in [0.1, 0.15) is 0 Å². The highest BCUT2D eigenvalue weighted by molar-refractivity contribution is 5.55. The molecular weight excluding hydrogens is 252 g/mol. The first-order chi connectivity index (χ1) is 9.74. The van der Waals surface area contributed by atoms with Crippen molar-refractivity contribution in [2.24, 2.45) is 0 Å². The van der Waals surface area contributed by atoms with Gasteiger partial charge in [0.05, 0.1) is 0 Å². The van der Waals surface area contributed by atoms with Gasteiger partial charge < -0.3 is 14.3 Å². The summed E-state index contributed by atoms with van der Waals surface area (Å²) in [6, 6.07) is 11.1. The third kappa shape index (κ3) is 2.67. The van der Waals surface area contributed by atoms with E-state index in [1.54, 1.807) is 0 Å². The molecule has 5 nitrogen and oxygen atoms in total. The Labute approximate surface area is 119 Å². The summed E-state index contributed by atoms with van der Waals surface area (Å²) in [6.07, 6.45) is 2.51. The Balaban J connectivity index is 1.70. The van der Waals surface area contributed by atoms with E-state index in [2.05, 4.69) is 22.1 Å². The van der Waals surface area contributed by atoms with Gasteiger partial charge in [-0.15, -0.1) is 0 Å². The molecule has 1 fully saturated rings. The topological polar surface area (TPSA) is 45.4 Å². The van der Waals surface area contributed by atoms with Crippen molar-refractivity contribution in [3.05, 3.63) is 30.3 Å². The van der Waals surface area contributed by atoms with Crippen LogP contribution in [0.3, 0.4) is 0 Å². The molecule has 1 aromatic carbocycles. The summed E-state index contributed by atoms with van der Waals surface area (Å²) >= 11 is 0. The molecule has 0 unspecified atom stereocenters. The molecule has 0 amide bonds. The van der Waals surface area contributed by atoms with E-state index in [1.807, 2.05) is 42.3 Å². The summed E-state index contributed by atoms with van der Waals surface area (Å²) in [5, 5.41) is 4.06. The second-order valence-corrected chi connectivity index (χ2v) is 5.42. The zero-order chi connectivity index (χ0) is 13.9. The number of rotatable bonds is 4. The molecule has 1 aliphatic heterocycles. The van der Waals surface area contributed by atoms with Gasteiger partial charge in [0.2, 0.25) is 5.82 Å². The Morgan fingerprint density at radius 1 is 1.35 bits per heavy atom. The molecule has 1 aliphatic rings. The Bertz CT molecular complexity index is 554. The minimum Gasteiger partial charge on any atom is -0.326 e. The molecule has 0 N–H and O–H groups in total. The molecule has 0 bridgehead atoms. The van der Waals surface area contributed by atoms with Crippen LogP contribution in [0.25, 0.3) is 11.4 Å². The lowest BCUT2D eigenvalue weighted by atomic mass is 10.2. The largest absolute Gasteiger partial charge is 0.326 e. The van der Waals surface area contributed by atoms with E-state index < -0.39 is 0 Å². The van der Waals surface area contributed by atoms with Crippen LogP contribution in [0.15, 0.2) is 34.9 Å². The van der Waals surface area contributed by atoms with Crippen molar-refractivity contribution in [3.8, 4) is 11.4 Å². The van der Waals surface area contributed by atoms with Crippen LogP contribution in [0.2, 0.25) is 0 Å². The van der Waals surface area contributed by atoms with Crippen molar-refractivity contribution in [3.63, 3.8) is 0 Å². The van der Waals surface area contributed by atoms with Gasteiger partial charge in [-0.1, -0.05) is 35.5 Å². The van der Waals surface area contributed by atoms with Gasteiger partial charge in [-0.3, -0.25) is 0 Å². The molecule has 1 saturated heterocycles. The van der Waals surface area contributed by atoms with E-state index in [4.69, 9.17) is 4.52 Å². The van der Waals surface area contributed by atoms with Crippen LogP contribution in [0.4, 0.5) is 6.01 Å². The highest BCUT2D eigenvalue weighted by Crippen LogP contribution is 2.21. The Hall–Kier alpha value is -1.88. The first-order valence-corrected chi connectivity index (χ1v) is 7.04. The maximum atomic E-state index is 5.37. The van der Waals surface area contributed by atoms with E-state index in [-0.39, 0.29) is 0 Å². The number of likely N-dealkylation sites (N-methyl/N-ethyl adjacent to an activating group) is 2. The molecule has 0 saturated carbocycles. The summed E-state index contributed by atoms with van der Waals surface area (Å²) in [4.78, 5) is 8.92. The fourth-order valence-electron chi connectivity index (χ4n) is 2.68. The van der Waals surface area contributed by atoms with Gasteiger partial charge >= 0.3 is 6.01 Å². The maximum absolute atomic E-state index is 5.37. The highest BCUT2D eigenvalue weighted by atomic mass is 16.5. The second-order valence-electron chi connectivity index (χ2n) is 5.42. The number of aromatic nitrogens is 2. The first-order valence-electron chi connectivity index (χ1n) is 7.04. The van der Waals surface area contributed by atoms with Gasteiger partial charge in [-0.05, 0) is 26.4 Å². The second kappa shape index (κ2) is 5.63. The number of anilines is 1. The fourth-order valence-corrected chi connectivity index (χ4v) is 2.68. The third-order valence-corrected chi connectivity index (χ3v) is 3.93. The van der Waals surface area contributed by atoms with Gasteiger partial charge in [-0.2, -0.15) is 4.98 Å². The van der Waals surface area contributed by atoms with Crippen LogP contribution < -0.4 is 4.90 Å². The van der Waals surface area contributed by atoms with Gasteiger partial charge in [-0.25, -0.2) is 0 Å². The van der Waals surface area contributed by atoms with E-state index in [1.165, 1.54) is 19.4 Å². The van der Waals surface area contributed by atoms with Crippen molar-refractivity contribution in [2.75, 3.05) is 32.1 Å². The number of hydrogen-bond donors (Lipinski definition) is 0. The summed E-state index contributed by atoms with van der Waals surface area (Å²) < 4.78 is 5.37. The molecule has 106 valence electrons. The number of nitrogens with zero attached hydrogens (tertiary/aromatic N) is 4. The standard InChI is InChI=1S/C15H20N4O/c1-18-10-6-9-13(18)11-19(2)15-16-14(17-20-15)12-7-4-3-5-8-12/h3-5,7-8,13H,6,9-11H2,1-2H3/t13-/m1/s1. The van der Waals surface area contributed by atoms with Crippen molar-refractivity contribution in [1.82, 2.24) is 15.0 Å². The van der Waals surface area contributed by atoms with Crippen molar-refractivity contribution < 1.29 is 4.52 Å². The zero-order valence-electron chi connectivity index (χ0n) is 12.0. The minimum atomic E-state index is 0.576. The van der Waals surface area contributed by atoms with Crippen LogP contribution in [0.5, 0.6) is 0 Å². The van der Waals surface area contributed by atoms with Gasteiger partial charge in [0.25, 0.3) is 0 Å². The van der Waals surface area contributed by atoms with Crippen LogP contribution in [0, 0.1) is 0 Å². The molecule has 2 aromatic rings. The molecule has 5 heteroatoms. The number of benzene rings is 1. The van der Waals surface area contributed by atoms with E-state index in [0.29, 0.717) is 17.9 Å².